The third-order valence-electron chi connectivity index (χ3n) is 4.49. The van der Waals surface area contributed by atoms with Gasteiger partial charge in [-0.25, -0.2) is 4.79 Å². The number of carbonyl (C=O) groups is 2. The first-order chi connectivity index (χ1) is 12.1. The number of amides is 3. The molecule has 2 aromatic carbocycles. The molecule has 3 rings (SSSR count). The fourth-order valence-corrected chi connectivity index (χ4v) is 2.92. The number of anilines is 2. The fourth-order valence-electron chi connectivity index (χ4n) is 2.92. The Morgan fingerprint density at radius 3 is 2.64 bits per heavy atom. The van der Waals surface area contributed by atoms with Crippen molar-refractivity contribution < 1.29 is 9.59 Å². The maximum Gasteiger partial charge on any atom is 0.319 e. The van der Waals surface area contributed by atoms with Gasteiger partial charge in [-0.3, -0.25) is 4.79 Å². The number of hydrogen-bond donors (Lipinski definition) is 2. The van der Waals surface area contributed by atoms with Crippen LogP contribution >= 0.6 is 0 Å². The fraction of sp³-hybridized carbons (Fsp3) is 0.300. The molecule has 0 aromatic heterocycles. The topological polar surface area (TPSA) is 61.4 Å². The van der Waals surface area contributed by atoms with Crippen LogP contribution in [0.3, 0.4) is 0 Å². The molecule has 1 atom stereocenters. The van der Waals surface area contributed by atoms with Crippen LogP contribution in [-0.4, -0.2) is 24.5 Å². The second kappa shape index (κ2) is 7.38. The molecular weight excluding hydrogens is 314 g/mol. The number of rotatable bonds is 4. The summed E-state index contributed by atoms with van der Waals surface area (Å²) in [6.07, 6.45) is 1.67. The molecule has 2 aromatic rings. The molecule has 0 saturated carbocycles. The average molecular weight is 337 g/mol. The first-order valence-electron chi connectivity index (χ1n) is 8.66. The number of benzene rings is 2. The van der Waals surface area contributed by atoms with Crippen molar-refractivity contribution in [3.05, 3.63) is 59.7 Å². The predicted molar refractivity (Wildman–Crippen MR) is 100 cm³/mol. The number of hydrogen-bond acceptors (Lipinski definition) is 2. The van der Waals surface area contributed by atoms with Crippen molar-refractivity contribution in [3.63, 3.8) is 0 Å². The van der Waals surface area contributed by atoms with Gasteiger partial charge in [0, 0.05) is 29.5 Å². The van der Waals surface area contributed by atoms with Crippen molar-refractivity contribution >= 4 is 23.3 Å². The molecule has 25 heavy (non-hydrogen) atoms. The van der Waals surface area contributed by atoms with Gasteiger partial charge in [-0.1, -0.05) is 25.1 Å². The largest absolute Gasteiger partial charge is 0.335 e. The molecule has 0 aliphatic carbocycles. The summed E-state index contributed by atoms with van der Waals surface area (Å²) < 4.78 is 0. The molecule has 2 N–H and O–H groups in total. The van der Waals surface area contributed by atoms with Gasteiger partial charge in [-0.15, -0.1) is 0 Å². The Hall–Kier alpha value is -2.82. The minimum atomic E-state index is -0.204. The number of nitrogens with zero attached hydrogens (tertiary/aromatic N) is 1. The van der Waals surface area contributed by atoms with E-state index in [1.165, 1.54) is 0 Å². The van der Waals surface area contributed by atoms with Gasteiger partial charge in [0.05, 0.1) is 0 Å². The highest BCUT2D eigenvalue weighted by Gasteiger charge is 2.25. The zero-order valence-corrected chi connectivity index (χ0v) is 14.6. The van der Waals surface area contributed by atoms with E-state index in [1.54, 1.807) is 4.90 Å². The first-order valence-corrected chi connectivity index (χ1v) is 8.66. The molecular formula is C20H23N3O2. The summed E-state index contributed by atoms with van der Waals surface area (Å²) in [5.74, 6) is 0.00886. The van der Waals surface area contributed by atoms with Gasteiger partial charge in [0.2, 0.25) is 0 Å². The van der Waals surface area contributed by atoms with E-state index in [2.05, 4.69) is 10.6 Å². The van der Waals surface area contributed by atoms with E-state index in [9.17, 15) is 9.59 Å². The van der Waals surface area contributed by atoms with Crippen LogP contribution in [-0.2, 0) is 6.42 Å². The van der Waals surface area contributed by atoms with Crippen LogP contribution in [0.5, 0.6) is 0 Å². The maximum atomic E-state index is 12.7. The second-order valence-corrected chi connectivity index (χ2v) is 6.32. The van der Waals surface area contributed by atoms with Gasteiger partial charge in [0.1, 0.15) is 0 Å². The van der Waals surface area contributed by atoms with Crippen molar-refractivity contribution in [1.29, 1.82) is 0 Å². The van der Waals surface area contributed by atoms with Gasteiger partial charge in [-0.05, 0) is 55.7 Å². The Morgan fingerprint density at radius 1 is 1.16 bits per heavy atom. The van der Waals surface area contributed by atoms with Crippen LogP contribution in [0.25, 0.3) is 0 Å². The van der Waals surface area contributed by atoms with E-state index < -0.39 is 0 Å². The summed E-state index contributed by atoms with van der Waals surface area (Å²) >= 11 is 0. The van der Waals surface area contributed by atoms with Crippen molar-refractivity contribution in [1.82, 2.24) is 5.32 Å². The van der Waals surface area contributed by atoms with Crippen LogP contribution < -0.4 is 15.5 Å². The summed E-state index contributed by atoms with van der Waals surface area (Å²) in [6.45, 7) is 4.65. The summed E-state index contributed by atoms with van der Waals surface area (Å²) in [5, 5.41) is 5.74. The zero-order chi connectivity index (χ0) is 17.8. The Morgan fingerprint density at radius 2 is 1.92 bits per heavy atom. The lowest BCUT2D eigenvalue weighted by Gasteiger charge is -2.18. The standard InChI is InChI=1S/C20H23N3O2/c1-3-14(2)21-20(25)22-17-9-10-18-16(13-17)11-12-23(18)19(24)15-7-5-4-6-8-15/h4-10,13-14H,3,11-12H2,1-2H3,(H2,21,22,25). The zero-order valence-electron chi connectivity index (χ0n) is 14.6. The van der Waals surface area contributed by atoms with Gasteiger partial charge in [0.15, 0.2) is 0 Å². The van der Waals surface area contributed by atoms with Crippen molar-refractivity contribution in [2.45, 2.75) is 32.7 Å². The molecule has 1 heterocycles. The molecule has 0 fully saturated rings. The molecule has 1 aliphatic rings. The average Bonchev–Trinajstić information content (AvgIpc) is 3.04. The third-order valence-corrected chi connectivity index (χ3v) is 4.49. The highest BCUT2D eigenvalue weighted by molar-refractivity contribution is 6.07. The number of fused-ring (bicyclic) bond motifs is 1. The summed E-state index contributed by atoms with van der Waals surface area (Å²) in [4.78, 5) is 26.4. The van der Waals surface area contributed by atoms with E-state index >= 15 is 0 Å². The van der Waals surface area contributed by atoms with Crippen LogP contribution in [0.1, 0.15) is 36.2 Å². The van der Waals surface area contributed by atoms with Gasteiger partial charge < -0.3 is 15.5 Å². The first kappa shape index (κ1) is 17.0. The molecule has 0 bridgehead atoms. The Kier molecular flexibility index (Phi) is 5.03. The Bertz CT molecular complexity index is 774. The third kappa shape index (κ3) is 3.82. The molecule has 0 spiro atoms. The summed E-state index contributed by atoms with van der Waals surface area (Å²) in [6, 6.07) is 14.9. The smallest absolute Gasteiger partial charge is 0.319 e. The minimum Gasteiger partial charge on any atom is -0.335 e. The second-order valence-electron chi connectivity index (χ2n) is 6.32. The predicted octanol–water partition coefficient (Wildman–Crippen LogP) is 3.81. The van der Waals surface area contributed by atoms with Crippen LogP contribution in [0, 0.1) is 0 Å². The van der Waals surface area contributed by atoms with Crippen LogP contribution in [0.4, 0.5) is 16.2 Å². The summed E-state index contributed by atoms with van der Waals surface area (Å²) in [7, 11) is 0. The highest BCUT2D eigenvalue weighted by Crippen LogP contribution is 2.31. The minimum absolute atomic E-state index is 0.00886. The Balaban J connectivity index is 1.72. The van der Waals surface area contributed by atoms with Gasteiger partial charge >= 0.3 is 6.03 Å². The SMILES string of the molecule is CCC(C)NC(=O)Nc1ccc2c(c1)CCN2C(=O)c1ccccc1. The molecule has 1 unspecified atom stereocenters. The maximum absolute atomic E-state index is 12.7. The molecule has 0 saturated heterocycles. The normalized spacial score (nSPS) is 13.9. The molecule has 5 nitrogen and oxygen atoms in total. The number of urea groups is 1. The van der Waals surface area contributed by atoms with Crippen LogP contribution in [0.2, 0.25) is 0 Å². The Labute approximate surface area is 148 Å². The lowest BCUT2D eigenvalue weighted by molar-refractivity contribution is 0.0989. The highest BCUT2D eigenvalue weighted by atomic mass is 16.2. The van der Waals surface area contributed by atoms with Gasteiger partial charge in [0.25, 0.3) is 5.91 Å². The molecule has 5 heteroatoms. The van der Waals surface area contributed by atoms with Gasteiger partial charge in [-0.2, -0.15) is 0 Å². The summed E-state index contributed by atoms with van der Waals surface area (Å²) in [5.41, 5.74) is 3.42. The number of nitrogens with one attached hydrogen (secondary N) is 2. The van der Waals surface area contributed by atoms with E-state index in [1.807, 2.05) is 62.4 Å². The van der Waals surface area contributed by atoms with E-state index in [4.69, 9.17) is 0 Å². The van der Waals surface area contributed by atoms with Crippen molar-refractivity contribution in [2.75, 3.05) is 16.8 Å². The van der Waals surface area contributed by atoms with E-state index in [0.717, 1.165) is 29.8 Å². The van der Waals surface area contributed by atoms with Crippen LogP contribution in [0.15, 0.2) is 48.5 Å². The van der Waals surface area contributed by atoms with E-state index in [-0.39, 0.29) is 18.0 Å². The van der Waals surface area contributed by atoms with Crippen molar-refractivity contribution in [3.8, 4) is 0 Å². The lowest BCUT2D eigenvalue weighted by atomic mass is 10.1. The van der Waals surface area contributed by atoms with E-state index in [0.29, 0.717) is 12.1 Å². The molecule has 3 amide bonds. The lowest BCUT2D eigenvalue weighted by Crippen LogP contribution is -2.35. The van der Waals surface area contributed by atoms with Crippen molar-refractivity contribution in [2.24, 2.45) is 0 Å². The molecule has 130 valence electrons. The quantitative estimate of drug-likeness (QED) is 0.891. The molecule has 0 radical (unpaired) electrons. The molecule has 1 aliphatic heterocycles. The monoisotopic (exact) mass is 337 g/mol. The number of carbonyl (C=O) groups excluding carboxylic acids is 2.